The first-order valence-corrected chi connectivity index (χ1v) is 7.79. The van der Waals surface area contributed by atoms with E-state index >= 15 is 0 Å². The summed E-state index contributed by atoms with van der Waals surface area (Å²) in [6.45, 7) is 1.35. The van der Waals surface area contributed by atoms with Crippen LogP contribution in [0.15, 0.2) is 47.4 Å². The van der Waals surface area contributed by atoms with Crippen molar-refractivity contribution < 1.29 is 17.6 Å². The Morgan fingerprint density at radius 1 is 1.10 bits per heavy atom. The number of Topliss-reactive ketones (excluding diaryl/α,β-unsaturated/α-hetero) is 1. The van der Waals surface area contributed by atoms with Gasteiger partial charge in [-0.05, 0) is 42.3 Å². The highest BCUT2D eigenvalue weighted by molar-refractivity contribution is 7.90. The molecule has 3 nitrogen and oxygen atoms in total. The summed E-state index contributed by atoms with van der Waals surface area (Å²) in [4.78, 5) is 11.7. The molecule has 0 bridgehead atoms. The van der Waals surface area contributed by atoms with Gasteiger partial charge in [0.25, 0.3) is 0 Å². The summed E-state index contributed by atoms with van der Waals surface area (Å²) in [5, 5.41) is 0. The van der Waals surface area contributed by atoms with E-state index in [1.54, 1.807) is 12.1 Å². The van der Waals surface area contributed by atoms with Crippen molar-refractivity contribution in [3.63, 3.8) is 0 Å². The molecule has 0 fully saturated rings. The molecular formula is C15H13FO3S. The van der Waals surface area contributed by atoms with Gasteiger partial charge in [0, 0.05) is 11.8 Å². The van der Waals surface area contributed by atoms with Crippen molar-refractivity contribution in [2.45, 2.75) is 11.8 Å². The number of carbonyl (C=O) groups excluding carboxylic acids is 1. The van der Waals surface area contributed by atoms with Gasteiger partial charge >= 0.3 is 0 Å². The lowest BCUT2D eigenvalue weighted by atomic mass is 9.97. The summed E-state index contributed by atoms with van der Waals surface area (Å²) >= 11 is 0. The van der Waals surface area contributed by atoms with Crippen molar-refractivity contribution in [1.29, 1.82) is 0 Å². The molecule has 0 atom stereocenters. The molecular weight excluding hydrogens is 279 g/mol. The van der Waals surface area contributed by atoms with Crippen LogP contribution < -0.4 is 0 Å². The molecule has 5 heteroatoms. The van der Waals surface area contributed by atoms with Crippen LogP contribution in [0.4, 0.5) is 4.39 Å². The van der Waals surface area contributed by atoms with Crippen molar-refractivity contribution >= 4 is 15.6 Å². The van der Waals surface area contributed by atoms with Gasteiger partial charge in [0.15, 0.2) is 15.6 Å². The Labute approximate surface area is 117 Å². The second-order valence-electron chi connectivity index (χ2n) is 4.55. The molecule has 0 amide bonds. The average Bonchev–Trinajstić information content (AvgIpc) is 2.37. The zero-order valence-electron chi connectivity index (χ0n) is 11.1. The Morgan fingerprint density at radius 2 is 1.80 bits per heavy atom. The van der Waals surface area contributed by atoms with Crippen molar-refractivity contribution in [2.24, 2.45) is 0 Å². The first-order valence-electron chi connectivity index (χ1n) is 5.90. The molecule has 0 radical (unpaired) electrons. The van der Waals surface area contributed by atoms with E-state index < -0.39 is 15.7 Å². The quantitative estimate of drug-likeness (QED) is 0.817. The molecule has 0 saturated heterocycles. The van der Waals surface area contributed by atoms with Crippen LogP contribution >= 0.6 is 0 Å². The zero-order chi connectivity index (χ0) is 14.9. The summed E-state index contributed by atoms with van der Waals surface area (Å²) in [6.07, 6.45) is 1.11. The molecule has 2 aromatic carbocycles. The average molecular weight is 292 g/mol. The van der Waals surface area contributed by atoms with Crippen LogP contribution in [0.25, 0.3) is 11.1 Å². The van der Waals surface area contributed by atoms with Crippen molar-refractivity contribution in [2.75, 3.05) is 6.26 Å². The second-order valence-corrected chi connectivity index (χ2v) is 6.56. The third-order valence-electron chi connectivity index (χ3n) is 2.93. The van der Waals surface area contributed by atoms with E-state index in [4.69, 9.17) is 0 Å². The minimum absolute atomic E-state index is 0.161. The van der Waals surface area contributed by atoms with Crippen LogP contribution in [-0.4, -0.2) is 20.5 Å². The third-order valence-corrected chi connectivity index (χ3v) is 4.04. The number of hydrogen-bond donors (Lipinski definition) is 0. The van der Waals surface area contributed by atoms with Crippen molar-refractivity contribution in [1.82, 2.24) is 0 Å². The maximum absolute atomic E-state index is 13.2. The molecule has 0 saturated carbocycles. The maximum Gasteiger partial charge on any atom is 0.175 e. The Morgan fingerprint density at radius 3 is 2.40 bits per heavy atom. The zero-order valence-corrected chi connectivity index (χ0v) is 11.9. The fourth-order valence-electron chi connectivity index (χ4n) is 1.95. The highest BCUT2D eigenvalue weighted by Crippen LogP contribution is 2.27. The van der Waals surface area contributed by atoms with Crippen molar-refractivity contribution in [3.8, 4) is 11.1 Å². The fraction of sp³-hybridized carbons (Fsp3) is 0.133. The summed E-state index contributed by atoms with van der Waals surface area (Å²) < 4.78 is 36.4. The Kier molecular flexibility index (Phi) is 3.72. The van der Waals surface area contributed by atoms with Crippen LogP contribution in [0, 0.1) is 5.82 Å². The van der Waals surface area contributed by atoms with Gasteiger partial charge in [-0.2, -0.15) is 0 Å². The largest absolute Gasteiger partial charge is 0.294 e. The van der Waals surface area contributed by atoms with E-state index in [-0.39, 0.29) is 16.2 Å². The summed E-state index contributed by atoms with van der Waals surface area (Å²) in [6, 6.07) is 10.1. The van der Waals surface area contributed by atoms with Gasteiger partial charge in [-0.3, -0.25) is 4.79 Å². The number of rotatable bonds is 3. The fourth-order valence-corrected chi connectivity index (χ4v) is 2.62. The first-order chi connectivity index (χ1) is 9.29. The predicted octanol–water partition coefficient (Wildman–Crippen LogP) is 3.10. The molecule has 0 aliphatic heterocycles. The monoisotopic (exact) mass is 292 g/mol. The summed E-state index contributed by atoms with van der Waals surface area (Å²) in [7, 11) is -3.33. The minimum atomic E-state index is -3.33. The van der Waals surface area contributed by atoms with E-state index in [1.807, 2.05) is 0 Å². The molecule has 2 rings (SSSR count). The highest BCUT2D eigenvalue weighted by Gasteiger charge is 2.13. The van der Waals surface area contributed by atoms with E-state index in [0.717, 1.165) is 12.3 Å². The third kappa shape index (κ3) is 2.93. The van der Waals surface area contributed by atoms with Gasteiger partial charge in [0.1, 0.15) is 5.82 Å². The van der Waals surface area contributed by atoms with Crippen molar-refractivity contribution in [3.05, 3.63) is 53.8 Å². The molecule has 0 aliphatic carbocycles. The Bertz CT molecular complexity index is 779. The number of halogens is 1. The number of hydrogen-bond acceptors (Lipinski definition) is 3. The Hall–Kier alpha value is -2.01. The molecule has 0 aromatic heterocycles. The van der Waals surface area contributed by atoms with E-state index in [2.05, 4.69) is 0 Å². The molecule has 0 spiro atoms. The summed E-state index contributed by atoms with van der Waals surface area (Å²) in [5.74, 6) is -0.775. The SMILES string of the molecule is CC(=O)c1cc(F)ccc1-c1cccc(S(C)(=O)=O)c1. The van der Waals surface area contributed by atoms with E-state index in [9.17, 15) is 17.6 Å². The molecule has 104 valence electrons. The number of benzene rings is 2. The molecule has 2 aromatic rings. The lowest BCUT2D eigenvalue weighted by Crippen LogP contribution is -2.00. The topological polar surface area (TPSA) is 51.2 Å². The molecule has 0 heterocycles. The van der Waals surface area contributed by atoms with E-state index in [0.29, 0.717) is 11.1 Å². The second kappa shape index (κ2) is 5.17. The standard InChI is InChI=1S/C15H13FO3S/c1-10(17)15-9-12(16)6-7-14(15)11-4-3-5-13(8-11)20(2,18)19/h3-9H,1-2H3. The van der Waals surface area contributed by atoms with Gasteiger partial charge in [-0.25, -0.2) is 12.8 Å². The number of sulfone groups is 1. The minimum Gasteiger partial charge on any atom is -0.294 e. The van der Waals surface area contributed by atoms with E-state index in [1.165, 1.54) is 31.2 Å². The van der Waals surface area contributed by atoms with Crippen LogP contribution in [0.3, 0.4) is 0 Å². The van der Waals surface area contributed by atoms with Crippen LogP contribution in [0.1, 0.15) is 17.3 Å². The number of carbonyl (C=O) groups is 1. The smallest absolute Gasteiger partial charge is 0.175 e. The normalized spacial score (nSPS) is 11.3. The van der Waals surface area contributed by atoms with Gasteiger partial charge in [-0.15, -0.1) is 0 Å². The molecule has 0 N–H and O–H groups in total. The molecule has 20 heavy (non-hydrogen) atoms. The highest BCUT2D eigenvalue weighted by atomic mass is 32.2. The summed E-state index contributed by atoms with van der Waals surface area (Å²) in [5.41, 5.74) is 1.32. The maximum atomic E-state index is 13.2. The van der Waals surface area contributed by atoms with Crippen LogP contribution in [0.2, 0.25) is 0 Å². The number of ketones is 1. The molecule has 0 aliphatic rings. The Balaban J connectivity index is 2.66. The lowest BCUT2D eigenvalue weighted by molar-refractivity contribution is 0.101. The molecule has 0 unspecified atom stereocenters. The van der Waals surface area contributed by atoms with Crippen LogP contribution in [0.5, 0.6) is 0 Å². The van der Waals surface area contributed by atoms with Gasteiger partial charge in [-0.1, -0.05) is 18.2 Å². The van der Waals surface area contributed by atoms with Crippen LogP contribution in [-0.2, 0) is 9.84 Å². The first kappa shape index (κ1) is 14.4. The lowest BCUT2D eigenvalue weighted by Gasteiger charge is -2.09. The predicted molar refractivity (Wildman–Crippen MR) is 75.0 cm³/mol. The van der Waals surface area contributed by atoms with Gasteiger partial charge in [0.2, 0.25) is 0 Å². The van der Waals surface area contributed by atoms with Gasteiger partial charge in [0.05, 0.1) is 4.90 Å². The van der Waals surface area contributed by atoms with Gasteiger partial charge < -0.3 is 0 Å².